The van der Waals surface area contributed by atoms with E-state index in [1.807, 2.05) is 0 Å². The number of sulfonamides is 1. The molecule has 12 heteroatoms. The molecule has 0 unspecified atom stereocenters. The summed E-state index contributed by atoms with van der Waals surface area (Å²) in [5, 5.41) is 15.0. The number of anilines is 1. The van der Waals surface area contributed by atoms with Crippen LogP contribution < -0.4 is 20.1 Å². The van der Waals surface area contributed by atoms with Gasteiger partial charge in [-0.2, -0.15) is 0 Å². The topological polar surface area (TPSA) is 151 Å². The van der Waals surface area contributed by atoms with E-state index in [2.05, 4.69) is 15.4 Å². The van der Waals surface area contributed by atoms with Gasteiger partial charge in [0.05, 0.1) is 35.3 Å². The third-order valence-electron chi connectivity index (χ3n) is 3.94. The lowest BCUT2D eigenvalue weighted by Crippen LogP contribution is -2.42. The summed E-state index contributed by atoms with van der Waals surface area (Å²) in [6.07, 6.45) is -1.01. The van der Waals surface area contributed by atoms with Crippen molar-refractivity contribution < 1.29 is 31.5 Å². The zero-order valence-corrected chi connectivity index (χ0v) is 16.6. The minimum atomic E-state index is -3.85. The third-order valence-corrected chi connectivity index (χ3v) is 7.11. The zero-order chi connectivity index (χ0) is 20.2. The van der Waals surface area contributed by atoms with Gasteiger partial charge in [-0.05, 0) is 18.2 Å². The van der Waals surface area contributed by atoms with Crippen LogP contribution in [0.4, 0.5) is 5.69 Å². The number of rotatable bonds is 8. The average molecular weight is 421 g/mol. The second-order valence-electron chi connectivity index (χ2n) is 6.15. The molecule has 0 saturated carbocycles. The van der Waals surface area contributed by atoms with E-state index in [1.165, 1.54) is 32.2 Å². The fraction of sp³-hybridized carbons (Fsp3) is 0.533. The van der Waals surface area contributed by atoms with Gasteiger partial charge in [-0.3, -0.25) is 4.79 Å². The van der Waals surface area contributed by atoms with Gasteiger partial charge in [-0.25, -0.2) is 21.6 Å². The van der Waals surface area contributed by atoms with E-state index >= 15 is 0 Å². The number of sulfone groups is 1. The summed E-state index contributed by atoms with van der Waals surface area (Å²) in [7, 11) is -5.73. The first-order chi connectivity index (χ1) is 12.5. The van der Waals surface area contributed by atoms with E-state index in [9.17, 15) is 26.7 Å². The molecule has 0 aliphatic carbocycles. The quantitative estimate of drug-likeness (QED) is 0.377. The van der Waals surface area contributed by atoms with Crippen molar-refractivity contribution in [2.24, 2.45) is 0 Å². The molecule has 152 valence electrons. The number of methoxy groups -OCH3 is 1. The fourth-order valence-electron chi connectivity index (χ4n) is 2.69. The van der Waals surface area contributed by atoms with E-state index in [0.29, 0.717) is 5.75 Å². The molecule has 4 N–H and O–H groups in total. The Hall–Kier alpha value is -1.73. The van der Waals surface area contributed by atoms with E-state index < -0.39 is 32.0 Å². The molecule has 1 aliphatic rings. The molecular formula is C15H23N3O7S2. The van der Waals surface area contributed by atoms with E-state index in [0.717, 1.165) is 0 Å². The maximum atomic E-state index is 12.4. The number of amides is 1. The normalized spacial score (nSPS) is 21.7. The van der Waals surface area contributed by atoms with Gasteiger partial charge in [0.1, 0.15) is 5.75 Å². The Morgan fingerprint density at radius 2 is 2.00 bits per heavy atom. The molecule has 2 atom stereocenters. The van der Waals surface area contributed by atoms with Crippen LogP contribution >= 0.6 is 0 Å². The molecule has 1 aromatic rings. The fourth-order valence-corrected chi connectivity index (χ4v) is 5.53. The summed E-state index contributed by atoms with van der Waals surface area (Å²) in [6.45, 7) is 1.43. The van der Waals surface area contributed by atoms with Crippen molar-refractivity contribution in [3.05, 3.63) is 18.2 Å². The van der Waals surface area contributed by atoms with Crippen molar-refractivity contribution in [2.45, 2.75) is 24.0 Å². The van der Waals surface area contributed by atoms with Crippen molar-refractivity contribution in [1.82, 2.24) is 10.0 Å². The van der Waals surface area contributed by atoms with E-state index in [1.54, 1.807) is 0 Å². The third kappa shape index (κ3) is 5.87. The van der Waals surface area contributed by atoms with Gasteiger partial charge >= 0.3 is 0 Å². The minimum absolute atomic E-state index is 0.00684. The first kappa shape index (κ1) is 21.6. The first-order valence-electron chi connectivity index (χ1n) is 8.11. The van der Waals surface area contributed by atoms with Crippen LogP contribution in [0.3, 0.4) is 0 Å². The SMILES string of the molecule is COc1ccc(S(=O)(=O)NCCN[C@@H]2CS(=O)(=O)C[C@H]2O)cc1NC(C)=O. The summed E-state index contributed by atoms with van der Waals surface area (Å²) in [6, 6.07) is 3.43. The van der Waals surface area contributed by atoms with E-state index in [4.69, 9.17) is 4.74 Å². The number of carbonyl (C=O) groups is 1. The highest BCUT2D eigenvalue weighted by atomic mass is 32.2. The van der Waals surface area contributed by atoms with Crippen molar-refractivity contribution in [1.29, 1.82) is 0 Å². The number of benzene rings is 1. The van der Waals surface area contributed by atoms with Crippen molar-refractivity contribution in [3.8, 4) is 5.75 Å². The zero-order valence-electron chi connectivity index (χ0n) is 14.9. The van der Waals surface area contributed by atoms with Crippen LogP contribution in [0.1, 0.15) is 6.92 Å². The monoisotopic (exact) mass is 421 g/mol. The van der Waals surface area contributed by atoms with Crippen LogP contribution in [-0.4, -0.2) is 71.7 Å². The molecule has 10 nitrogen and oxygen atoms in total. The minimum Gasteiger partial charge on any atom is -0.495 e. The molecule has 2 rings (SSSR count). The number of ether oxygens (including phenoxy) is 1. The molecule has 0 aromatic heterocycles. The maximum absolute atomic E-state index is 12.4. The molecule has 0 spiro atoms. The molecule has 1 saturated heterocycles. The summed E-state index contributed by atoms with van der Waals surface area (Å²) < 4.78 is 55.1. The molecule has 0 radical (unpaired) electrons. The number of hydrogen-bond acceptors (Lipinski definition) is 8. The Kier molecular flexibility index (Phi) is 6.81. The molecule has 1 fully saturated rings. The highest BCUT2D eigenvalue weighted by molar-refractivity contribution is 7.91. The molecule has 0 bridgehead atoms. The number of aliphatic hydroxyl groups is 1. The standard InChI is InChI=1S/C15H23N3O7S2/c1-10(19)18-12-7-11(3-4-15(12)25-2)27(23,24)17-6-5-16-13-8-26(21,22)9-14(13)20/h3-4,7,13-14,16-17,20H,5-6,8-9H2,1-2H3,(H,18,19)/t13-,14-/m1/s1. The predicted molar refractivity (Wildman–Crippen MR) is 98.9 cm³/mol. The molecule has 27 heavy (non-hydrogen) atoms. The Morgan fingerprint density at radius 3 is 2.56 bits per heavy atom. The van der Waals surface area contributed by atoms with Crippen LogP contribution in [0.2, 0.25) is 0 Å². The lowest BCUT2D eigenvalue weighted by atomic mass is 10.2. The second-order valence-corrected chi connectivity index (χ2v) is 10.1. The van der Waals surface area contributed by atoms with E-state index in [-0.39, 0.29) is 41.1 Å². The molecular weight excluding hydrogens is 398 g/mol. The van der Waals surface area contributed by atoms with Crippen LogP contribution in [-0.2, 0) is 24.7 Å². The predicted octanol–water partition coefficient (Wildman–Crippen LogP) is -1.32. The lowest BCUT2D eigenvalue weighted by Gasteiger charge is -2.15. The van der Waals surface area contributed by atoms with Gasteiger partial charge in [-0.1, -0.05) is 0 Å². The van der Waals surface area contributed by atoms with Crippen LogP contribution in [0.25, 0.3) is 0 Å². The molecule has 1 aliphatic heterocycles. The number of hydrogen-bond donors (Lipinski definition) is 4. The summed E-state index contributed by atoms with van der Waals surface area (Å²) >= 11 is 0. The van der Waals surface area contributed by atoms with Gasteiger partial charge in [0, 0.05) is 26.1 Å². The Morgan fingerprint density at radius 1 is 1.30 bits per heavy atom. The second kappa shape index (κ2) is 8.52. The summed E-state index contributed by atoms with van der Waals surface area (Å²) in [5.74, 6) is -0.527. The Labute approximate surface area is 158 Å². The first-order valence-corrected chi connectivity index (χ1v) is 11.4. The summed E-state index contributed by atoms with van der Waals surface area (Å²) in [5.41, 5.74) is 0.227. The lowest BCUT2D eigenvalue weighted by molar-refractivity contribution is -0.114. The largest absolute Gasteiger partial charge is 0.495 e. The van der Waals surface area contributed by atoms with Gasteiger partial charge in [0.2, 0.25) is 15.9 Å². The van der Waals surface area contributed by atoms with Crippen LogP contribution in [0, 0.1) is 0 Å². The number of nitrogens with one attached hydrogen (secondary N) is 3. The average Bonchev–Trinajstić information content (AvgIpc) is 2.83. The van der Waals surface area contributed by atoms with Crippen molar-refractivity contribution in [2.75, 3.05) is 37.0 Å². The highest BCUT2D eigenvalue weighted by Gasteiger charge is 2.35. The van der Waals surface area contributed by atoms with Crippen molar-refractivity contribution >= 4 is 31.5 Å². The van der Waals surface area contributed by atoms with Gasteiger partial charge in [-0.15, -0.1) is 0 Å². The molecule has 1 amide bonds. The molecule has 1 heterocycles. The smallest absolute Gasteiger partial charge is 0.240 e. The van der Waals surface area contributed by atoms with Gasteiger partial charge in [0.15, 0.2) is 9.84 Å². The summed E-state index contributed by atoms with van der Waals surface area (Å²) in [4.78, 5) is 11.2. The van der Waals surface area contributed by atoms with Crippen LogP contribution in [0.15, 0.2) is 23.1 Å². The van der Waals surface area contributed by atoms with Crippen molar-refractivity contribution in [3.63, 3.8) is 0 Å². The Bertz CT molecular complexity index is 900. The molecule has 1 aromatic carbocycles. The maximum Gasteiger partial charge on any atom is 0.240 e. The number of aliphatic hydroxyl groups excluding tert-OH is 1. The highest BCUT2D eigenvalue weighted by Crippen LogP contribution is 2.27. The number of carbonyl (C=O) groups excluding carboxylic acids is 1. The van der Waals surface area contributed by atoms with Gasteiger partial charge < -0.3 is 20.5 Å². The van der Waals surface area contributed by atoms with Crippen LogP contribution in [0.5, 0.6) is 5.75 Å². The van der Waals surface area contributed by atoms with Gasteiger partial charge in [0.25, 0.3) is 0 Å². The Balaban J connectivity index is 1.97.